The van der Waals surface area contributed by atoms with Gasteiger partial charge in [0.1, 0.15) is 0 Å². The Morgan fingerprint density at radius 1 is 1.00 bits per heavy atom. The Balaban J connectivity index is 0. The summed E-state index contributed by atoms with van der Waals surface area (Å²) in [5.74, 6) is 0.156. The Morgan fingerprint density at radius 3 is 1.62 bits per heavy atom. The molecule has 4 nitrogen and oxygen atoms in total. The Bertz CT molecular complexity index is 438. The molecule has 0 aliphatic rings. The average molecular weight is 292 g/mol. The topological polar surface area (TPSA) is 44.1 Å². The van der Waals surface area contributed by atoms with Crippen LogP contribution in [0, 0.1) is 6.92 Å². The van der Waals surface area contributed by atoms with Gasteiger partial charge in [-0.05, 0) is 6.92 Å². The monoisotopic (exact) mass is 292 g/mol. The maximum absolute atomic E-state index is 10.5. The Kier molecular flexibility index (Phi) is 14.5. The minimum Gasteiger partial charge on any atom is -0.408 e. The van der Waals surface area contributed by atoms with Gasteiger partial charge in [0.25, 0.3) is 0 Å². The molecule has 0 aliphatic heterocycles. The standard InChI is InChI=1S/C7H10N2O2.C6H6.2C2H6/c1-5-4-7(9(3)8-5)11-6(2)10;1-2-4-6-5-3-1;2*1-2/h4H,1-3H3;1-6H;2*1-2H3. The number of carbonyl (C=O) groups is 1. The fourth-order valence-corrected chi connectivity index (χ4v) is 1.21. The van der Waals surface area contributed by atoms with Gasteiger partial charge >= 0.3 is 5.97 Å². The number of hydrogen-bond donors (Lipinski definition) is 0. The smallest absolute Gasteiger partial charge is 0.309 e. The maximum Gasteiger partial charge on any atom is 0.309 e. The summed E-state index contributed by atoms with van der Waals surface area (Å²) in [4.78, 5) is 10.5. The Labute approximate surface area is 128 Å². The molecule has 0 fully saturated rings. The largest absolute Gasteiger partial charge is 0.408 e. The Hall–Kier alpha value is -2.10. The molecule has 0 radical (unpaired) electrons. The lowest BCUT2D eigenvalue weighted by molar-refractivity contribution is -0.132. The molecule has 0 unspecified atom stereocenters. The summed E-state index contributed by atoms with van der Waals surface area (Å²) < 4.78 is 6.35. The summed E-state index contributed by atoms with van der Waals surface area (Å²) in [6.07, 6.45) is 0. The molecule has 0 spiro atoms. The second kappa shape index (κ2) is 14.3. The van der Waals surface area contributed by atoms with Crippen molar-refractivity contribution in [2.75, 3.05) is 0 Å². The van der Waals surface area contributed by atoms with E-state index in [1.165, 1.54) is 11.6 Å². The second-order valence-electron chi connectivity index (χ2n) is 3.50. The van der Waals surface area contributed by atoms with Crippen molar-refractivity contribution >= 4 is 5.97 Å². The third-order valence-electron chi connectivity index (χ3n) is 1.87. The second-order valence-corrected chi connectivity index (χ2v) is 3.50. The molecule has 0 N–H and O–H groups in total. The van der Waals surface area contributed by atoms with Crippen molar-refractivity contribution < 1.29 is 9.53 Å². The van der Waals surface area contributed by atoms with Crippen LogP contribution in [0.4, 0.5) is 0 Å². The van der Waals surface area contributed by atoms with E-state index in [-0.39, 0.29) is 5.97 Å². The number of nitrogens with zero attached hydrogens (tertiary/aromatic N) is 2. The summed E-state index contributed by atoms with van der Waals surface area (Å²) in [6.45, 7) is 11.2. The third-order valence-corrected chi connectivity index (χ3v) is 1.87. The van der Waals surface area contributed by atoms with Crippen LogP contribution in [0.15, 0.2) is 42.5 Å². The first-order chi connectivity index (χ1) is 10.1. The van der Waals surface area contributed by atoms with Crippen molar-refractivity contribution in [3.8, 4) is 5.88 Å². The minimum absolute atomic E-state index is 0.326. The molecule has 0 amide bonds. The van der Waals surface area contributed by atoms with E-state index in [1.54, 1.807) is 13.1 Å². The fraction of sp³-hybridized carbons (Fsp3) is 0.412. The Morgan fingerprint density at radius 2 is 1.38 bits per heavy atom. The highest BCUT2D eigenvalue weighted by molar-refractivity contribution is 5.68. The molecule has 0 saturated carbocycles. The lowest BCUT2D eigenvalue weighted by Crippen LogP contribution is -2.05. The molecule has 4 heteroatoms. The molecule has 2 rings (SSSR count). The van der Waals surface area contributed by atoms with Crippen LogP contribution in [0.5, 0.6) is 5.88 Å². The van der Waals surface area contributed by atoms with Crippen LogP contribution < -0.4 is 4.74 Å². The number of hydrogen-bond acceptors (Lipinski definition) is 3. The highest BCUT2D eigenvalue weighted by Gasteiger charge is 2.04. The number of rotatable bonds is 1. The molecular weight excluding hydrogens is 264 g/mol. The molecular formula is C17H28N2O2. The van der Waals surface area contributed by atoms with Gasteiger partial charge in [-0.3, -0.25) is 4.79 Å². The van der Waals surface area contributed by atoms with Crippen molar-refractivity contribution in [2.45, 2.75) is 41.5 Å². The van der Waals surface area contributed by atoms with Crippen LogP contribution in [0.3, 0.4) is 0 Å². The van der Waals surface area contributed by atoms with Gasteiger partial charge in [0.15, 0.2) is 0 Å². The van der Waals surface area contributed by atoms with Gasteiger partial charge < -0.3 is 4.74 Å². The number of esters is 1. The molecule has 1 aromatic heterocycles. The minimum atomic E-state index is -0.326. The first-order valence-corrected chi connectivity index (χ1v) is 7.28. The van der Waals surface area contributed by atoms with Crippen LogP contribution in [-0.4, -0.2) is 15.7 Å². The van der Waals surface area contributed by atoms with E-state index in [2.05, 4.69) is 5.10 Å². The van der Waals surface area contributed by atoms with E-state index < -0.39 is 0 Å². The number of aryl methyl sites for hydroxylation is 2. The predicted molar refractivity (Wildman–Crippen MR) is 88.4 cm³/mol. The van der Waals surface area contributed by atoms with Crippen molar-refractivity contribution in [1.82, 2.24) is 9.78 Å². The van der Waals surface area contributed by atoms with E-state index >= 15 is 0 Å². The SMILES string of the molecule is CC.CC.CC(=O)Oc1cc(C)nn1C.c1ccccc1. The van der Waals surface area contributed by atoms with Crippen LogP contribution >= 0.6 is 0 Å². The summed E-state index contributed by atoms with van der Waals surface area (Å²) >= 11 is 0. The van der Waals surface area contributed by atoms with Crippen LogP contribution in [-0.2, 0) is 11.8 Å². The molecule has 0 bridgehead atoms. The summed E-state index contributed by atoms with van der Waals surface area (Å²) in [7, 11) is 1.73. The molecule has 2 aromatic rings. The summed E-state index contributed by atoms with van der Waals surface area (Å²) in [5.41, 5.74) is 0.837. The molecule has 1 aromatic carbocycles. The highest BCUT2D eigenvalue weighted by atomic mass is 16.5. The van der Waals surface area contributed by atoms with Crippen LogP contribution in [0.25, 0.3) is 0 Å². The van der Waals surface area contributed by atoms with Gasteiger partial charge in [-0.25, -0.2) is 4.68 Å². The van der Waals surface area contributed by atoms with Crippen LogP contribution in [0.2, 0.25) is 0 Å². The maximum atomic E-state index is 10.5. The van der Waals surface area contributed by atoms with Crippen LogP contribution in [0.1, 0.15) is 40.3 Å². The molecule has 0 atom stereocenters. The third kappa shape index (κ3) is 11.4. The zero-order valence-electron chi connectivity index (χ0n) is 14.3. The van der Waals surface area contributed by atoms with E-state index in [1.807, 2.05) is 71.0 Å². The van der Waals surface area contributed by atoms with E-state index in [9.17, 15) is 4.79 Å². The molecule has 118 valence electrons. The quantitative estimate of drug-likeness (QED) is 0.732. The van der Waals surface area contributed by atoms with Gasteiger partial charge in [0, 0.05) is 20.0 Å². The number of aromatic nitrogens is 2. The van der Waals surface area contributed by atoms with Crippen molar-refractivity contribution in [1.29, 1.82) is 0 Å². The van der Waals surface area contributed by atoms with Gasteiger partial charge in [-0.15, -0.1) is 0 Å². The van der Waals surface area contributed by atoms with Gasteiger partial charge in [-0.1, -0.05) is 64.1 Å². The molecule has 1 heterocycles. The van der Waals surface area contributed by atoms with Gasteiger partial charge in [0.05, 0.1) is 5.69 Å². The first-order valence-electron chi connectivity index (χ1n) is 7.28. The molecule has 0 aliphatic carbocycles. The fourth-order valence-electron chi connectivity index (χ4n) is 1.21. The average Bonchev–Trinajstić information content (AvgIpc) is 2.83. The zero-order chi connectivity index (χ0) is 16.7. The van der Waals surface area contributed by atoms with Crippen molar-refractivity contribution in [2.24, 2.45) is 7.05 Å². The van der Waals surface area contributed by atoms with Gasteiger partial charge in [0.2, 0.25) is 5.88 Å². The molecule has 0 saturated heterocycles. The first kappa shape index (κ1) is 21.2. The number of benzene rings is 1. The van der Waals surface area contributed by atoms with E-state index in [4.69, 9.17) is 4.74 Å². The summed E-state index contributed by atoms with van der Waals surface area (Å²) in [5, 5.41) is 4.00. The molecule has 21 heavy (non-hydrogen) atoms. The number of carbonyl (C=O) groups excluding carboxylic acids is 1. The van der Waals surface area contributed by atoms with E-state index in [0.717, 1.165) is 5.69 Å². The van der Waals surface area contributed by atoms with Crippen molar-refractivity contribution in [3.63, 3.8) is 0 Å². The lowest BCUT2D eigenvalue weighted by atomic mass is 10.4. The number of ether oxygens (including phenoxy) is 1. The zero-order valence-corrected chi connectivity index (χ0v) is 14.3. The van der Waals surface area contributed by atoms with Crippen molar-refractivity contribution in [3.05, 3.63) is 48.2 Å². The normalized spacial score (nSPS) is 7.95. The van der Waals surface area contributed by atoms with E-state index in [0.29, 0.717) is 5.88 Å². The lowest BCUT2D eigenvalue weighted by Gasteiger charge is -1.98. The van der Waals surface area contributed by atoms with Gasteiger partial charge in [-0.2, -0.15) is 5.10 Å². The summed E-state index contributed by atoms with van der Waals surface area (Å²) in [6, 6.07) is 13.7. The highest BCUT2D eigenvalue weighted by Crippen LogP contribution is 2.10. The predicted octanol–water partition coefficient (Wildman–Crippen LogP) is 4.39.